The maximum Gasteiger partial charge on any atom is 0.269 e. The molecule has 0 aromatic heterocycles. The summed E-state index contributed by atoms with van der Waals surface area (Å²) in [6, 6.07) is 13.6. The van der Waals surface area contributed by atoms with Crippen LogP contribution in [0.4, 0.5) is 5.69 Å². The maximum atomic E-state index is 12.7. The summed E-state index contributed by atoms with van der Waals surface area (Å²) in [5.41, 5.74) is 1.75. The van der Waals surface area contributed by atoms with E-state index in [-0.39, 0.29) is 44.1 Å². The van der Waals surface area contributed by atoms with Gasteiger partial charge < -0.3 is 19.5 Å². The van der Waals surface area contributed by atoms with Gasteiger partial charge in [-0.25, -0.2) is 5.48 Å². The first-order valence-corrected chi connectivity index (χ1v) is 10.8. The molecule has 2 aromatic rings. The molecule has 3 N–H and O–H groups in total. The standard InChI is InChI=1S/C23H29N3O8/c1-2-32-16-33-15-19(24-22(27)17-8-10-20(11-9-17)26(30)31)14-18(23(28)25-29)12-13-34-21-6-4-3-5-7-21/h3-11,18-19,29H,2,12-16H2,1H3,(H,24,27)(H,25,28). The molecule has 0 bridgehead atoms. The summed E-state index contributed by atoms with van der Waals surface area (Å²) in [5.74, 6) is -1.14. The Bertz CT molecular complexity index is 908. The molecule has 0 aliphatic rings. The SMILES string of the molecule is CCOCOCC(CC(CCOc1ccccc1)C(=O)NO)NC(=O)c1ccc([N+](=O)[O-])cc1. The largest absolute Gasteiger partial charge is 0.494 e. The smallest absolute Gasteiger partial charge is 0.269 e. The van der Waals surface area contributed by atoms with Crippen molar-refractivity contribution in [2.24, 2.45) is 5.92 Å². The molecule has 2 rings (SSSR count). The van der Waals surface area contributed by atoms with Gasteiger partial charge in [0.25, 0.3) is 11.6 Å². The van der Waals surface area contributed by atoms with Crippen molar-refractivity contribution in [2.75, 3.05) is 26.6 Å². The molecule has 2 unspecified atom stereocenters. The molecule has 0 radical (unpaired) electrons. The van der Waals surface area contributed by atoms with Gasteiger partial charge in [-0.15, -0.1) is 0 Å². The molecule has 11 heteroatoms. The van der Waals surface area contributed by atoms with Crippen LogP contribution in [-0.2, 0) is 14.3 Å². The minimum absolute atomic E-state index is 0.00832. The number of non-ortho nitro benzene ring substituents is 1. The number of amides is 2. The third-order valence-electron chi connectivity index (χ3n) is 4.89. The van der Waals surface area contributed by atoms with Crippen LogP contribution in [0.2, 0.25) is 0 Å². The fourth-order valence-electron chi connectivity index (χ4n) is 3.13. The van der Waals surface area contributed by atoms with Crippen LogP contribution in [0.5, 0.6) is 5.75 Å². The number of nitrogens with one attached hydrogen (secondary N) is 2. The Morgan fingerprint density at radius 2 is 1.79 bits per heavy atom. The summed E-state index contributed by atoms with van der Waals surface area (Å²) >= 11 is 0. The number of para-hydroxylation sites is 1. The van der Waals surface area contributed by atoms with E-state index in [2.05, 4.69) is 5.32 Å². The molecule has 0 saturated heterocycles. The first-order chi connectivity index (χ1) is 16.4. The average Bonchev–Trinajstić information content (AvgIpc) is 2.86. The molecular formula is C23H29N3O8. The summed E-state index contributed by atoms with van der Waals surface area (Å²) in [4.78, 5) is 35.2. The Hall–Kier alpha value is -3.54. The Kier molecular flexibility index (Phi) is 11.5. The molecule has 0 heterocycles. The number of carbonyl (C=O) groups is 2. The van der Waals surface area contributed by atoms with E-state index in [1.807, 2.05) is 25.1 Å². The number of hydroxylamine groups is 1. The summed E-state index contributed by atoms with van der Waals surface area (Å²) in [7, 11) is 0. The second-order valence-corrected chi connectivity index (χ2v) is 7.31. The number of benzene rings is 2. The van der Waals surface area contributed by atoms with Crippen molar-refractivity contribution in [3.8, 4) is 5.75 Å². The summed E-state index contributed by atoms with van der Waals surface area (Å²) in [6.45, 7) is 2.53. The highest BCUT2D eigenvalue weighted by molar-refractivity contribution is 5.94. The zero-order valence-corrected chi connectivity index (χ0v) is 18.8. The van der Waals surface area contributed by atoms with Gasteiger partial charge >= 0.3 is 0 Å². The molecule has 184 valence electrons. The van der Waals surface area contributed by atoms with E-state index in [0.29, 0.717) is 12.4 Å². The quantitative estimate of drug-likeness (QED) is 0.117. The topological polar surface area (TPSA) is 149 Å². The van der Waals surface area contributed by atoms with Crippen molar-refractivity contribution in [1.29, 1.82) is 0 Å². The van der Waals surface area contributed by atoms with Crippen LogP contribution < -0.4 is 15.5 Å². The highest BCUT2D eigenvalue weighted by Crippen LogP contribution is 2.17. The predicted molar refractivity (Wildman–Crippen MR) is 121 cm³/mol. The fourth-order valence-corrected chi connectivity index (χ4v) is 3.13. The van der Waals surface area contributed by atoms with Gasteiger partial charge in [0.15, 0.2) is 0 Å². The molecule has 0 aliphatic carbocycles. The first kappa shape index (κ1) is 26.7. The predicted octanol–water partition coefficient (Wildman–Crippen LogP) is 2.68. The Morgan fingerprint density at radius 3 is 2.41 bits per heavy atom. The Morgan fingerprint density at radius 1 is 1.09 bits per heavy atom. The van der Waals surface area contributed by atoms with Crippen molar-refractivity contribution in [3.63, 3.8) is 0 Å². The number of hydrogen-bond acceptors (Lipinski definition) is 8. The Balaban J connectivity index is 2.04. The highest BCUT2D eigenvalue weighted by atomic mass is 16.7. The van der Waals surface area contributed by atoms with Gasteiger partial charge in [-0.3, -0.25) is 24.9 Å². The van der Waals surface area contributed by atoms with Gasteiger partial charge in [-0.1, -0.05) is 18.2 Å². The van der Waals surface area contributed by atoms with Gasteiger partial charge in [0, 0.05) is 30.2 Å². The minimum Gasteiger partial charge on any atom is -0.494 e. The van der Waals surface area contributed by atoms with Crippen LogP contribution in [0.1, 0.15) is 30.1 Å². The fraction of sp³-hybridized carbons (Fsp3) is 0.391. The summed E-state index contributed by atoms with van der Waals surface area (Å²) in [5, 5.41) is 22.8. The monoisotopic (exact) mass is 475 g/mol. The first-order valence-electron chi connectivity index (χ1n) is 10.8. The van der Waals surface area contributed by atoms with Crippen molar-refractivity contribution >= 4 is 17.5 Å². The van der Waals surface area contributed by atoms with E-state index >= 15 is 0 Å². The van der Waals surface area contributed by atoms with Crippen LogP contribution >= 0.6 is 0 Å². The average molecular weight is 475 g/mol. The van der Waals surface area contributed by atoms with Crippen LogP contribution in [0.15, 0.2) is 54.6 Å². The van der Waals surface area contributed by atoms with Gasteiger partial charge in [0.05, 0.1) is 24.2 Å². The molecule has 0 aliphatic heterocycles. The second kappa shape index (κ2) is 14.6. The maximum absolute atomic E-state index is 12.7. The molecule has 2 amide bonds. The number of carbonyl (C=O) groups excluding carboxylic acids is 2. The van der Waals surface area contributed by atoms with Crippen LogP contribution in [-0.4, -0.2) is 54.6 Å². The van der Waals surface area contributed by atoms with E-state index in [1.54, 1.807) is 17.6 Å². The number of nitro benzene ring substituents is 1. The highest BCUT2D eigenvalue weighted by Gasteiger charge is 2.25. The lowest BCUT2D eigenvalue weighted by Crippen LogP contribution is -2.42. The van der Waals surface area contributed by atoms with E-state index in [1.165, 1.54) is 24.3 Å². The zero-order chi connectivity index (χ0) is 24.8. The third-order valence-corrected chi connectivity index (χ3v) is 4.89. The summed E-state index contributed by atoms with van der Waals surface area (Å²) in [6.07, 6.45) is 0.423. The minimum atomic E-state index is -0.688. The molecule has 2 aromatic carbocycles. The number of rotatable bonds is 15. The van der Waals surface area contributed by atoms with Crippen molar-refractivity contribution < 1.29 is 33.9 Å². The molecular weight excluding hydrogens is 446 g/mol. The van der Waals surface area contributed by atoms with E-state index in [9.17, 15) is 24.9 Å². The second-order valence-electron chi connectivity index (χ2n) is 7.31. The number of hydrogen-bond donors (Lipinski definition) is 3. The van der Waals surface area contributed by atoms with Gasteiger partial charge in [-0.05, 0) is 44.0 Å². The Labute approximate surface area is 197 Å². The molecule has 0 spiro atoms. The normalized spacial score (nSPS) is 12.4. The number of nitro groups is 1. The molecule has 0 saturated carbocycles. The number of nitrogens with zero attached hydrogens (tertiary/aromatic N) is 1. The van der Waals surface area contributed by atoms with E-state index < -0.39 is 28.7 Å². The van der Waals surface area contributed by atoms with Crippen molar-refractivity contribution in [3.05, 3.63) is 70.3 Å². The molecule has 11 nitrogen and oxygen atoms in total. The van der Waals surface area contributed by atoms with Crippen LogP contribution in [0, 0.1) is 16.0 Å². The molecule has 0 fully saturated rings. The van der Waals surface area contributed by atoms with Crippen molar-refractivity contribution in [2.45, 2.75) is 25.8 Å². The van der Waals surface area contributed by atoms with Gasteiger partial charge in [0.2, 0.25) is 5.91 Å². The van der Waals surface area contributed by atoms with E-state index in [0.717, 1.165) is 0 Å². The summed E-state index contributed by atoms with van der Waals surface area (Å²) < 4.78 is 16.3. The third kappa shape index (κ3) is 9.14. The van der Waals surface area contributed by atoms with Crippen LogP contribution in [0.25, 0.3) is 0 Å². The van der Waals surface area contributed by atoms with Crippen molar-refractivity contribution in [1.82, 2.24) is 10.8 Å². The lowest BCUT2D eigenvalue weighted by molar-refractivity contribution is -0.384. The zero-order valence-electron chi connectivity index (χ0n) is 18.8. The molecule has 2 atom stereocenters. The van der Waals surface area contributed by atoms with Gasteiger partial charge in [0.1, 0.15) is 12.5 Å². The van der Waals surface area contributed by atoms with Gasteiger partial charge in [-0.2, -0.15) is 0 Å². The molecule has 34 heavy (non-hydrogen) atoms. The number of ether oxygens (including phenoxy) is 3. The lowest BCUT2D eigenvalue weighted by atomic mass is 9.96. The van der Waals surface area contributed by atoms with E-state index in [4.69, 9.17) is 14.2 Å². The lowest BCUT2D eigenvalue weighted by Gasteiger charge is -2.23. The van der Waals surface area contributed by atoms with Crippen LogP contribution in [0.3, 0.4) is 0 Å².